The van der Waals surface area contributed by atoms with E-state index in [1.54, 1.807) is 0 Å². The van der Waals surface area contributed by atoms with E-state index in [9.17, 15) is 9.59 Å². The predicted octanol–water partition coefficient (Wildman–Crippen LogP) is 1.76. The van der Waals surface area contributed by atoms with E-state index < -0.39 is 12.1 Å². The molecule has 132 valence electrons. The van der Waals surface area contributed by atoms with Crippen LogP contribution in [0.1, 0.15) is 26.3 Å². The fourth-order valence-corrected chi connectivity index (χ4v) is 2.75. The summed E-state index contributed by atoms with van der Waals surface area (Å²) in [5.41, 5.74) is 0.913. The molecule has 0 spiro atoms. The summed E-state index contributed by atoms with van der Waals surface area (Å²) >= 11 is 0. The number of hydrogen-bond acceptors (Lipinski definition) is 4. The van der Waals surface area contributed by atoms with Crippen LogP contribution in [0.3, 0.4) is 0 Å². The van der Waals surface area contributed by atoms with Crippen LogP contribution in [0.2, 0.25) is 0 Å². The monoisotopic (exact) mass is 333 g/mol. The number of piperazine rings is 1. The Labute approximate surface area is 143 Å². The van der Waals surface area contributed by atoms with E-state index in [4.69, 9.17) is 4.74 Å². The Kier molecular flexibility index (Phi) is 6.61. The van der Waals surface area contributed by atoms with Gasteiger partial charge < -0.3 is 20.3 Å². The summed E-state index contributed by atoms with van der Waals surface area (Å²) in [6, 6.07) is 9.02. The van der Waals surface area contributed by atoms with Crippen LogP contribution >= 0.6 is 0 Å². The minimum atomic E-state index is -0.575. The number of nitrogens with zero attached hydrogens (tertiary/aromatic N) is 1. The molecule has 2 atom stereocenters. The molecule has 24 heavy (non-hydrogen) atoms. The average molecular weight is 333 g/mol. The van der Waals surface area contributed by atoms with Crippen LogP contribution in [0.5, 0.6) is 0 Å². The molecule has 0 saturated carbocycles. The Morgan fingerprint density at radius 2 is 2.04 bits per heavy atom. The summed E-state index contributed by atoms with van der Waals surface area (Å²) in [5, 5.41) is 5.99. The van der Waals surface area contributed by atoms with Crippen LogP contribution in [0.15, 0.2) is 30.3 Å². The molecule has 1 aliphatic rings. The zero-order chi connectivity index (χ0) is 17.5. The van der Waals surface area contributed by atoms with E-state index in [-0.39, 0.29) is 24.5 Å². The van der Waals surface area contributed by atoms with Crippen molar-refractivity contribution in [2.45, 2.75) is 39.5 Å². The van der Waals surface area contributed by atoms with Gasteiger partial charge in [-0.05, 0) is 18.4 Å². The highest BCUT2D eigenvalue weighted by Crippen LogP contribution is 2.11. The molecule has 6 nitrogen and oxygen atoms in total. The zero-order valence-electron chi connectivity index (χ0n) is 14.6. The van der Waals surface area contributed by atoms with E-state index in [0.717, 1.165) is 18.7 Å². The molecular weight excluding hydrogens is 306 g/mol. The van der Waals surface area contributed by atoms with Crippen LogP contribution in [0.4, 0.5) is 4.79 Å². The number of nitrogens with one attached hydrogen (secondary N) is 2. The number of carbonyl (C=O) groups is 2. The smallest absolute Gasteiger partial charge is 0.408 e. The highest BCUT2D eigenvalue weighted by Gasteiger charge is 2.32. The zero-order valence-corrected chi connectivity index (χ0v) is 14.6. The lowest BCUT2D eigenvalue weighted by Gasteiger charge is -2.37. The molecule has 2 rings (SSSR count). The summed E-state index contributed by atoms with van der Waals surface area (Å²) < 4.78 is 5.24. The van der Waals surface area contributed by atoms with Crippen molar-refractivity contribution in [3.05, 3.63) is 35.9 Å². The SMILES string of the molecule is CC(C)[C@H](NC(=O)OCc1ccccc1)C(=O)N1CCNC[C@H]1C. The molecular formula is C18H27N3O3. The lowest BCUT2D eigenvalue weighted by Crippen LogP contribution is -2.59. The Bertz CT molecular complexity index is 548. The molecule has 1 aliphatic heterocycles. The van der Waals surface area contributed by atoms with Crippen molar-refractivity contribution < 1.29 is 14.3 Å². The number of amides is 2. The first kappa shape index (κ1) is 18.3. The molecule has 0 aromatic heterocycles. The molecule has 0 bridgehead atoms. The van der Waals surface area contributed by atoms with Crippen molar-refractivity contribution in [3.63, 3.8) is 0 Å². The summed E-state index contributed by atoms with van der Waals surface area (Å²) in [7, 11) is 0. The van der Waals surface area contributed by atoms with Crippen molar-refractivity contribution in [1.82, 2.24) is 15.5 Å². The second-order valence-electron chi connectivity index (χ2n) is 6.51. The Morgan fingerprint density at radius 3 is 2.67 bits per heavy atom. The molecule has 2 N–H and O–H groups in total. The fraction of sp³-hybridized carbons (Fsp3) is 0.556. The third kappa shape index (κ3) is 4.96. The first-order valence-corrected chi connectivity index (χ1v) is 8.47. The Hall–Kier alpha value is -2.08. The van der Waals surface area contributed by atoms with Gasteiger partial charge in [-0.2, -0.15) is 0 Å². The lowest BCUT2D eigenvalue weighted by molar-refractivity contribution is -0.137. The quantitative estimate of drug-likeness (QED) is 0.861. The molecule has 0 radical (unpaired) electrons. The third-order valence-corrected chi connectivity index (χ3v) is 4.20. The molecule has 1 fully saturated rings. The van der Waals surface area contributed by atoms with Gasteiger partial charge in [-0.15, -0.1) is 0 Å². The van der Waals surface area contributed by atoms with Crippen molar-refractivity contribution in [2.24, 2.45) is 5.92 Å². The maximum Gasteiger partial charge on any atom is 0.408 e. The summed E-state index contributed by atoms with van der Waals surface area (Å²) in [6.07, 6.45) is -0.561. The molecule has 1 saturated heterocycles. The van der Waals surface area contributed by atoms with Gasteiger partial charge in [0.2, 0.25) is 5.91 Å². The molecule has 1 aromatic rings. The van der Waals surface area contributed by atoms with Gasteiger partial charge in [0, 0.05) is 25.7 Å². The van der Waals surface area contributed by atoms with E-state index in [2.05, 4.69) is 10.6 Å². The largest absolute Gasteiger partial charge is 0.445 e. The Morgan fingerprint density at radius 1 is 1.33 bits per heavy atom. The number of alkyl carbamates (subject to hydrolysis) is 1. The standard InChI is InChI=1S/C18H27N3O3/c1-13(2)16(17(22)21-10-9-19-11-14(21)3)20-18(23)24-12-15-7-5-4-6-8-15/h4-8,13-14,16,19H,9-12H2,1-3H3,(H,20,23)/t14-,16+/m1/s1. The second-order valence-corrected chi connectivity index (χ2v) is 6.51. The Balaban J connectivity index is 1.92. The van der Waals surface area contributed by atoms with Crippen molar-refractivity contribution in [3.8, 4) is 0 Å². The highest BCUT2D eigenvalue weighted by atomic mass is 16.5. The number of hydrogen-bond donors (Lipinski definition) is 2. The molecule has 0 unspecified atom stereocenters. The van der Waals surface area contributed by atoms with Gasteiger partial charge in [0.15, 0.2) is 0 Å². The van der Waals surface area contributed by atoms with Gasteiger partial charge in [0.1, 0.15) is 12.6 Å². The second kappa shape index (κ2) is 8.68. The van der Waals surface area contributed by atoms with Gasteiger partial charge >= 0.3 is 6.09 Å². The lowest BCUT2D eigenvalue weighted by atomic mass is 10.0. The van der Waals surface area contributed by atoms with Crippen LogP contribution in [0, 0.1) is 5.92 Å². The molecule has 2 amide bonds. The van der Waals surface area contributed by atoms with Gasteiger partial charge in [0.05, 0.1) is 0 Å². The van der Waals surface area contributed by atoms with Crippen LogP contribution in [0.25, 0.3) is 0 Å². The van der Waals surface area contributed by atoms with Crippen LogP contribution in [-0.4, -0.2) is 48.6 Å². The minimum Gasteiger partial charge on any atom is -0.445 e. The normalized spacial score (nSPS) is 19.0. The number of ether oxygens (including phenoxy) is 1. The van der Waals surface area contributed by atoms with Crippen LogP contribution in [-0.2, 0) is 16.1 Å². The number of carbonyl (C=O) groups excluding carboxylic acids is 2. The van der Waals surface area contributed by atoms with Gasteiger partial charge in [-0.3, -0.25) is 4.79 Å². The van der Waals surface area contributed by atoms with Crippen molar-refractivity contribution in [2.75, 3.05) is 19.6 Å². The first-order chi connectivity index (χ1) is 11.5. The van der Waals surface area contributed by atoms with E-state index in [1.807, 2.05) is 56.0 Å². The minimum absolute atomic E-state index is 0.0103. The third-order valence-electron chi connectivity index (χ3n) is 4.20. The fourth-order valence-electron chi connectivity index (χ4n) is 2.75. The topological polar surface area (TPSA) is 70.7 Å². The predicted molar refractivity (Wildman–Crippen MR) is 92.4 cm³/mol. The van der Waals surface area contributed by atoms with E-state index in [1.165, 1.54) is 0 Å². The van der Waals surface area contributed by atoms with Crippen molar-refractivity contribution >= 4 is 12.0 Å². The average Bonchev–Trinajstić information content (AvgIpc) is 2.58. The number of benzene rings is 1. The first-order valence-electron chi connectivity index (χ1n) is 8.47. The maximum atomic E-state index is 12.8. The van der Waals surface area contributed by atoms with Crippen LogP contribution < -0.4 is 10.6 Å². The molecule has 0 aliphatic carbocycles. The van der Waals surface area contributed by atoms with Gasteiger partial charge in [-0.25, -0.2) is 4.79 Å². The van der Waals surface area contributed by atoms with E-state index in [0.29, 0.717) is 6.54 Å². The summed E-state index contributed by atoms with van der Waals surface area (Å²) in [5.74, 6) is -0.0560. The summed E-state index contributed by atoms with van der Waals surface area (Å²) in [4.78, 5) is 26.7. The highest BCUT2D eigenvalue weighted by molar-refractivity contribution is 5.86. The summed E-state index contributed by atoms with van der Waals surface area (Å²) in [6.45, 7) is 8.25. The van der Waals surface area contributed by atoms with Gasteiger partial charge in [-0.1, -0.05) is 44.2 Å². The maximum absolute atomic E-state index is 12.8. The van der Waals surface area contributed by atoms with Crippen molar-refractivity contribution in [1.29, 1.82) is 0 Å². The molecule has 1 heterocycles. The van der Waals surface area contributed by atoms with E-state index >= 15 is 0 Å². The molecule has 1 aromatic carbocycles. The number of rotatable bonds is 5. The molecule has 6 heteroatoms. The van der Waals surface area contributed by atoms with Gasteiger partial charge in [0.25, 0.3) is 0 Å².